The number of hydrogen-bond donors (Lipinski definition) is 0. The van der Waals surface area contributed by atoms with E-state index in [1.807, 2.05) is 12.2 Å². The Bertz CT molecular complexity index is 384. The molecule has 0 aromatic carbocycles. The molecule has 3 aliphatic rings. The summed E-state index contributed by atoms with van der Waals surface area (Å²) < 4.78 is 0. The molecule has 78 valence electrons. The normalized spacial score (nSPS) is 46.3. The van der Waals surface area contributed by atoms with Gasteiger partial charge in [-0.1, -0.05) is 12.2 Å². The van der Waals surface area contributed by atoms with Crippen LogP contribution < -0.4 is 0 Å². The molecule has 5 heteroatoms. The molecule has 0 aromatic rings. The third-order valence-electron chi connectivity index (χ3n) is 3.87. The number of hydrogen-bond acceptors (Lipinski definition) is 4. The molecular formula is C10H9NO4. The first kappa shape index (κ1) is 8.76. The molecule has 0 aliphatic heterocycles. The average Bonchev–Trinajstić information content (AvgIpc) is 2.79. The van der Waals surface area contributed by atoms with E-state index >= 15 is 0 Å². The molecule has 5 nitrogen and oxygen atoms in total. The van der Waals surface area contributed by atoms with Crippen molar-refractivity contribution in [1.29, 1.82) is 0 Å². The Morgan fingerprint density at radius 2 is 1.60 bits per heavy atom. The number of carbonyl (C=O) groups excluding carboxylic acids is 2. The molecule has 0 radical (unpaired) electrons. The molecule has 4 unspecified atom stereocenters. The molecule has 3 aliphatic carbocycles. The molecule has 15 heavy (non-hydrogen) atoms. The maximum absolute atomic E-state index is 11.7. The van der Waals surface area contributed by atoms with Crippen molar-refractivity contribution in [1.82, 2.24) is 0 Å². The Hall–Kier alpha value is -1.52. The van der Waals surface area contributed by atoms with E-state index in [0.29, 0.717) is 0 Å². The number of rotatable bonds is 1. The minimum Gasteiger partial charge on any atom is -0.291 e. The summed E-state index contributed by atoms with van der Waals surface area (Å²) in [4.78, 5) is 33.4. The van der Waals surface area contributed by atoms with Crippen LogP contribution in [0.1, 0.15) is 6.42 Å². The first-order valence-corrected chi connectivity index (χ1v) is 5.00. The SMILES string of the molecule is O=C1C2C3C=CC(C3)C2C(=O)C1[N+](=O)[O-]. The first-order valence-electron chi connectivity index (χ1n) is 5.00. The molecule has 0 saturated heterocycles. The van der Waals surface area contributed by atoms with Crippen molar-refractivity contribution in [2.45, 2.75) is 12.5 Å². The highest BCUT2D eigenvalue weighted by molar-refractivity contribution is 6.14. The highest BCUT2D eigenvalue weighted by Gasteiger charge is 2.64. The molecule has 2 fully saturated rings. The van der Waals surface area contributed by atoms with Crippen molar-refractivity contribution in [2.24, 2.45) is 23.7 Å². The Morgan fingerprint density at radius 3 is 2.00 bits per heavy atom. The van der Waals surface area contributed by atoms with E-state index < -0.39 is 34.4 Å². The summed E-state index contributed by atoms with van der Waals surface area (Å²) >= 11 is 0. The quantitative estimate of drug-likeness (QED) is 0.267. The van der Waals surface area contributed by atoms with Gasteiger partial charge in [0.25, 0.3) is 0 Å². The van der Waals surface area contributed by atoms with Gasteiger partial charge in [-0.2, -0.15) is 0 Å². The topological polar surface area (TPSA) is 77.3 Å². The summed E-state index contributed by atoms with van der Waals surface area (Å²) in [7, 11) is 0. The van der Waals surface area contributed by atoms with Crippen LogP contribution in [0, 0.1) is 33.8 Å². The zero-order valence-corrected chi connectivity index (χ0v) is 7.83. The van der Waals surface area contributed by atoms with Gasteiger partial charge in [0.2, 0.25) is 11.6 Å². The molecule has 4 atom stereocenters. The standard InChI is InChI=1S/C10H9NO4/c12-9-6-4-1-2-5(3-4)7(6)10(13)8(9)11(14)15/h1-2,4-8H,3H2. The van der Waals surface area contributed by atoms with Crippen molar-refractivity contribution >= 4 is 11.6 Å². The zero-order valence-electron chi connectivity index (χ0n) is 7.83. The predicted molar refractivity (Wildman–Crippen MR) is 48.5 cm³/mol. The highest BCUT2D eigenvalue weighted by Crippen LogP contribution is 2.52. The van der Waals surface area contributed by atoms with Crippen molar-refractivity contribution in [3.05, 3.63) is 22.3 Å². The number of nitro groups is 1. The second-order valence-electron chi connectivity index (χ2n) is 4.49. The molecule has 0 heterocycles. The van der Waals surface area contributed by atoms with Crippen LogP contribution in [0.25, 0.3) is 0 Å². The number of carbonyl (C=O) groups is 2. The molecule has 0 spiro atoms. The summed E-state index contributed by atoms with van der Waals surface area (Å²) in [5.41, 5.74) is 0. The smallest absolute Gasteiger partial charge is 0.291 e. The van der Waals surface area contributed by atoms with E-state index in [9.17, 15) is 19.7 Å². The summed E-state index contributed by atoms with van der Waals surface area (Å²) in [6, 6.07) is -1.58. The van der Waals surface area contributed by atoms with Gasteiger partial charge in [0.15, 0.2) is 0 Å². The number of allylic oxidation sites excluding steroid dienone is 2. The second kappa shape index (κ2) is 2.53. The van der Waals surface area contributed by atoms with E-state index in [0.717, 1.165) is 6.42 Å². The van der Waals surface area contributed by atoms with Gasteiger partial charge in [-0.25, -0.2) is 0 Å². The lowest BCUT2D eigenvalue weighted by Crippen LogP contribution is -2.33. The van der Waals surface area contributed by atoms with Crippen molar-refractivity contribution in [2.75, 3.05) is 0 Å². The van der Waals surface area contributed by atoms with E-state index in [1.54, 1.807) is 0 Å². The largest absolute Gasteiger partial charge is 0.328 e. The Balaban J connectivity index is 2.03. The van der Waals surface area contributed by atoms with E-state index in [1.165, 1.54) is 0 Å². The van der Waals surface area contributed by atoms with Crippen LogP contribution in [0.15, 0.2) is 12.2 Å². The van der Waals surface area contributed by atoms with Gasteiger partial charge in [-0.15, -0.1) is 0 Å². The summed E-state index contributed by atoms with van der Waals surface area (Å²) in [5.74, 6) is -1.59. The van der Waals surface area contributed by atoms with Crippen LogP contribution >= 0.6 is 0 Å². The monoisotopic (exact) mass is 207 g/mol. The van der Waals surface area contributed by atoms with Crippen molar-refractivity contribution < 1.29 is 14.5 Å². The third kappa shape index (κ3) is 0.879. The maximum atomic E-state index is 11.7. The predicted octanol–water partition coefficient (Wildman–Crippen LogP) is 0.222. The van der Waals surface area contributed by atoms with Crippen LogP contribution in [0.4, 0.5) is 0 Å². The van der Waals surface area contributed by atoms with Gasteiger partial charge in [0, 0.05) is 16.8 Å². The fourth-order valence-corrected chi connectivity index (χ4v) is 3.31. The molecule has 2 saturated carbocycles. The Morgan fingerprint density at radius 1 is 1.13 bits per heavy atom. The molecule has 0 N–H and O–H groups in total. The lowest BCUT2D eigenvalue weighted by Gasteiger charge is -2.15. The number of fused-ring (bicyclic) bond motifs is 5. The van der Waals surface area contributed by atoms with Crippen LogP contribution in [-0.4, -0.2) is 22.5 Å². The Labute approximate surface area is 85.3 Å². The lowest BCUT2D eigenvalue weighted by atomic mass is 9.85. The minimum atomic E-state index is -1.58. The third-order valence-corrected chi connectivity index (χ3v) is 3.87. The number of nitrogens with zero attached hydrogens (tertiary/aromatic N) is 1. The fraction of sp³-hybridized carbons (Fsp3) is 0.600. The summed E-state index contributed by atoms with van der Waals surface area (Å²) in [6.07, 6.45) is 4.68. The van der Waals surface area contributed by atoms with Gasteiger partial charge in [0.1, 0.15) is 0 Å². The molecular weight excluding hydrogens is 198 g/mol. The van der Waals surface area contributed by atoms with E-state index in [2.05, 4.69) is 0 Å². The number of Topliss-reactive ketones (excluding diaryl/α,β-unsaturated/α-hetero) is 2. The molecule has 0 aromatic heterocycles. The number of ketones is 2. The van der Waals surface area contributed by atoms with Gasteiger partial charge in [0.05, 0.1) is 0 Å². The van der Waals surface area contributed by atoms with Crippen molar-refractivity contribution in [3.63, 3.8) is 0 Å². The van der Waals surface area contributed by atoms with Crippen molar-refractivity contribution in [3.8, 4) is 0 Å². The van der Waals surface area contributed by atoms with Crippen LogP contribution in [0.3, 0.4) is 0 Å². The highest BCUT2D eigenvalue weighted by atomic mass is 16.6. The van der Waals surface area contributed by atoms with Gasteiger partial charge < -0.3 is 0 Å². The first-order chi connectivity index (χ1) is 7.11. The van der Waals surface area contributed by atoms with Gasteiger partial charge in [-0.05, 0) is 18.3 Å². The molecule has 3 rings (SSSR count). The van der Waals surface area contributed by atoms with Gasteiger partial charge >= 0.3 is 6.04 Å². The summed E-state index contributed by atoms with van der Waals surface area (Å²) in [6.45, 7) is 0. The van der Waals surface area contributed by atoms with E-state index in [4.69, 9.17) is 0 Å². The van der Waals surface area contributed by atoms with Crippen LogP contribution in [0.2, 0.25) is 0 Å². The Kier molecular flexibility index (Phi) is 1.48. The average molecular weight is 207 g/mol. The lowest BCUT2D eigenvalue weighted by molar-refractivity contribution is -0.492. The minimum absolute atomic E-state index is 0.0707. The zero-order chi connectivity index (χ0) is 10.7. The fourth-order valence-electron chi connectivity index (χ4n) is 3.31. The summed E-state index contributed by atoms with van der Waals surface area (Å²) in [5, 5.41) is 10.6. The second-order valence-corrected chi connectivity index (χ2v) is 4.49. The maximum Gasteiger partial charge on any atom is 0.328 e. The van der Waals surface area contributed by atoms with Crippen LogP contribution in [-0.2, 0) is 9.59 Å². The molecule has 2 bridgehead atoms. The van der Waals surface area contributed by atoms with E-state index in [-0.39, 0.29) is 11.8 Å². The van der Waals surface area contributed by atoms with Gasteiger partial charge in [-0.3, -0.25) is 19.7 Å². The molecule has 0 amide bonds. The van der Waals surface area contributed by atoms with Crippen LogP contribution in [0.5, 0.6) is 0 Å².